The van der Waals surface area contributed by atoms with Gasteiger partial charge in [0, 0.05) is 38.8 Å². The average molecular weight is 484 g/mol. The van der Waals surface area contributed by atoms with Gasteiger partial charge in [-0.25, -0.2) is 0 Å². The topological polar surface area (TPSA) is 140 Å². The van der Waals surface area contributed by atoms with Crippen LogP contribution in [0.25, 0.3) is 0 Å². The number of carbonyl (C=O) groups is 3. The highest BCUT2D eigenvalue weighted by Gasteiger charge is 2.26. The van der Waals surface area contributed by atoms with Crippen molar-refractivity contribution in [1.29, 1.82) is 0 Å². The zero-order valence-electron chi connectivity index (χ0n) is 20.0. The molecule has 1 atom stereocenters. The molecular weight excluding hydrogens is 450 g/mol. The van der Waals surface area contributed by atoms with E-state index in [0.29, 0.717) is 50.5 Å². The number of nitrogens with two attached hydrogens (primary N) is 1. The molecule has 0 saturated carbocycles. The number of carboxylic acids is 2. The lowest BCUT2D eigenvalue weighted by Gasteiger charge is -2.36. The van der Waals surface area contributed by atoms with Gasteiger partial charge in [0.25, 0.3) is 0 Å². The summed E-state index contributed by atoms with van der Waals surface area (Å²) in [6, 6.07) is 13.4. The molecule has 1 aromatic heterocycles. The molecule has 1 aromatic carbocycles. The van der Waals surface area contributed by atoms with E-state index < -0.39 is 17.8 Å². The van der Waals surface area contributed by atoms with E-state index in [9.17, 15) is 24.6 Å². The second-order valence-electron chi connectivity index (χ2n) is 9.07. The molecule has 0 spiro atoms. The Hall–Kier alpha value is -3.34. The molecule has 1 unspecified atom stereocenters. The third-order valence-corrected chi connectivity index (χ3v) is 6.00. The molecule has 0 radical (unpaired) electrons. The number of benzene rings is 1. The molecule has 2 heterocycles. The lowest BCUT2D eigenvalue weighted by molar-refractivity contribution is -0.139. The minimum absolute atomic E-state index is 0.00420. The van der Waals surface area contributed by atoms with E-state index in [1.54, 1.807) is 4.90 Å². The SMILES string of the molecule is Cc1ccc(CC2CN(CC(N)=O)CCN(CC(=O)O)Cc3cccc(n3)CN2CC(=O)O)cc1. The molecule has 1 aliphatic heterocycles. The lowest BCUT2D eigenvalue weighted by atomic mass is 10.0. The molecule has 0 saturated heterocycles. The standard InChI is InChI=1S/C25H33N5O5/c1-18-5-7-19(8-6-18)11-22-14-29(15-23(26)31)10-9-28(16-24(32)33)12-20-3-2-4-21(27-20)13-30(22)17-25(34)35/h2-8,22H,9-17H2,1H3,(H2,26,31)(H,32,33)(H,34,35). The number of carboxylic acid groups (broad SMARTS) is 2. The first-order valence-electron chi connectivity index (χ1n) is 11.6. The summed E-state index contributed by atoms with van der Waals surface area (Å²) < 4.78 is 0. The molecule has 1 amide bonds. The van der Waals surface area contributed by atoms with Gasteiger partial charge in [0.15, 0.2) is 0 Å². The predicted octanol–water partition coefficient (Wildman–Crippen LogP) is 0.575. The minimum atomic E-state index is -0.948. The maximum Gasteiger partial charge on any atom is 0.317 e. The molecule has 0 fully saturated rings. The van der Waals surface area contributed by atoms with Crippen LogP contribution in [-0.2, 0) is 33.9 Å². The number of nitrogens with zero attached hydrogens (tertiary/aromatic N) is 4. The van der Waals surface area contributed by atoms with E-state index in [0.717, 1.165) is 11.1 Å². The van der Waals surface area contributed by atoms with Crippen LogP contribution >= 0.6 is 0 Å². The van der Waals surface area contributed by atoms with Crippen molar-refractivity contribution in [3.05, 3.63) is 65.0 Å². The smallest absolute Gasteiger partial charge is 0.317 e. The van der Waals surface area contributed by atoms with Crippen LogP contribution < -0.4 is 5.73 Å². The highest BCUT2D eigenvalue weighted by atomic mass is 16.4. The summed E-state index contributed by atoms with van der Waals surface area (Å²) in [6.45, 7) is 3.48. The minimum Gasteiger partial charge on any atom is -0.480 e. The van der Waals surface area contributed by atoms with Gasteiger partial charge in [-0.2, -0.15) is 0 Å². The number of carbonyl (C=O) groups excluding carboxylic acids is 1. The fraction of sp³-hybridized carbons (Fsp3) is 0.440. The third-order valence-electron chi connectivity index (χ3n) is 6.00. The number of hydrogen-bond acceptors (Lipinski definition) is 7. The number of aryl methyl sites for hydroxylation is 1. The van der Waals surface area contributed by atoms with Gasteiger partial charge < -0.3 is 15.9 Å². The van der Waals surface area contributed by atoms with Crippen molar-refractivity contribution in [1.82, 2.24) is 19.7 Å². The van der Waals surface area contributed by atoms with E-state index in [-0.39, 0.29) is 25.7 Å². The van der Waals surface area contributed by atoms with Gasteiger partial charge in [-0.05, 0) is 31.0 Å². The number of primary amides is 1. The molecule has 10 nitrogen and oxygen atoms in total. The summed E-state index contributed by atoms with van der Waals surface area (Å²) in [4.78, 5) is 45.3. The lowest BCUT2D eigenvalue weighted by Crippen LogP contribution is -2.50. The summed E-state index contributed by atoms with van der Waals surface area (Å²) >= 11 is 0. The first kappa shape index (κ1) is 26.3. The fourth-order valence-electron chi connectivity index (χ4n) is 4.38. The van der Waals surface area contributed by atoms with Crippen LogP contribution in [0.2, 0.25) is 0 Å². The molecule has 2 bridgehead atoms. The Morgan fingerprint density at radius 1 is 0.914 bits per heavy atom. The quantitative estimate of drug-likeness (QED) is 0.492. The van der Waals surface area contributed by atoms with Gasteiger partial charge in [-0.15, -0.1) is 0 Å². The van der Waals surface area contributed by atoms with E-state index in [1.807, 2.05) is 59.2 Å². The van der Waals surface area contributed by atoms with Crippen molar-refractivity contribution in [3.8, 4) is 0 Å². The largest absolute Gasteiger partial charge is 0.480 e. The molecule has 4 N–H and O–H groups in total. The van der Waals surface area contributed by atoms with Gasteiger partial charge in [-0.3, -0.25) is 34.1 Å². The Balaban J connectivity index is 1.99. The second kappa shape index (κ2) is 12.4. The number of pyridine rings is 1. The van der Waals surface area contributed by atoms with Crippen LogP contribution in [0, 0.1) is 6.92 Å². The van der Waals surface area contributed by atoms with Crippen LogP contribution in [0.1, 0.15) is 22.5 Å². The summed E-state index contributed by atoms with van der Waals surface area (Å²) in [6.07, 6.45) is 0.571. The maximum absolute atomic E-state index is 11.9. The van der Waals surface area contributed by atoms with Crippen molar-refractivity contribution in [2.45, 2.75) is 32.5 Å². The van der Waals surface area contributed by atoms with Gasteiger partial charge in [0.05, 0.1) is 31.0 Å². The van der Waals surface area contributed by atoms with Crippen molar-refractivity contribution in [3.63, 3.8) is 0 Å². The Morgan fingerprint density at radius 2 is 1.54 bits per heavy atom. The summed E-state index contributed by atoms with van der Waals surface area (Å²) in [5.41, 5.74) is 9.12. The van der Waals surface area contributed by atoms with Crippen LogP contribution in [0.3, 0.4) is 0 Å². The molecular formula is C25H33N5O5. The Kier molecular flexibility index (Phi) is 9.30. The van der Waals surface area contributed by atoms with Crippen LogP contribution in [0.15, 0.2) is 42.5 Å². The summed E-state index contributed by atoms with van der Waals surface area (Å²) in [5.74, 6) is -2.39. The number of rotatable bonds is 8. The molecule has 1 aliphatic rings. The number of aromatic nitrogens is 1. The first-order chi connectivity index (χ1) is 16.7. The van der Waals surface area contributed by atoms with E-state index in [4.69, 9.17) is 5.73 Å². The van der Waals surface area contributed by atoms with Gasteiger partial charge in [0.2, 0.25) is 5.91 Å². The molecule has 188 valence electrons. The highest BCUT2D eigenvalue weighted by Crippen LogP contribution is 2.17. The molecule has 10 heteroatoms. The van der Waals surface area contributed by atoms with E-state index >= 15 is 0 Å². The Morgan fingerprint density at radius 3 is 2.17 bits per heavy atom. The van der Waals surface area contributed by atoms with E-state index in [1.165, 1.54) is 0 Å². The molecule has 0 aliphatic carbocycles. The third kappa shape index (κ3) is 8.75. The van der Waals surface area contributed by atoms with Crippen molar-refractivity contribution < 1.29 is 24.6 Å². The normalized spacial score (nSPS) is 18.4. The molecule has 35 heavy (non-hydrogen) atoms. The average Bonchev–Trinajstić information content (AvgIpc) is 2.76. The van der Waals surface area contributed by atoms with Crippen LogP contribution in [0.4, 0.5) is 0 Å². The number of amides is 1. The number of fused-ring (bicyclic) bond motifs is 2. The van der Waals surface area contributed by atoms with Crippen molar-refractivity contribution in [2.75, 3.05) is 39.3 Å². The summed E-state index contributed by atoms with van der Waals surface area (Å²) in [5, 5.41) is 19.0. The number of hydrogen-bond donors (Lipinski definition) is 3. The first-order valence-corrected chi connectivity index (χ1v) is 11.6. The Bertz CT molecular complexity index is 1030. The van der Waals surface area contributed by atoms with Gasteiger partial charge in [0.1, 0.15) is 0 Å². The Labute approximate surface area is 205 Å². The fourth-order valence-corrected chi connectivity index (χ4v) is 4.38. The van der Waals surface area contributed by atoms with Gasteiger partial charge >= 0.3 is 11.9 Å². The zero-order valence-corrected chi connectivity index (χ0v) is 20.0. The highest BCUT2D eigenvalue weighted by molar-refractivity contribution is 5.76. The summed E-state index contributed by atoms with van der Waals surface area (Å²) in [7, 11) is 0. The second-order valence-corrected chi connectivity index (χ2v) is 9.07. The maximum atomic E-state index is 11.9. The van der Waals surface area contributed by atoms with Crippen LogP contribution in [-0.4, -0.2) is 93.1 Å². The number of aliphatic carboxylic acids is 2. The monoisotopic (exact) mass is 483 g/mol. The van der Waals surface area contributed by atoms with Gasteiger partial charge in [-0.1, -0.05) is 35.9 Å². The zero-order chi connectivity index (χ0) is 25.4. The predicted molar refractivity (Wildman–Crippen MR) is 130 cm³/mol. The molecule has 2 aromatic rings. The van der Waals surface area contributed by atoms with Crippen LogP contribution in [0.5, 0.6) is 0 Å². The van der Waals surface area contributed by atoms with E-state index in [2.05, 4.69) is 4.98 Å². The van der Waals surface area contributed by atoms with Crippen molar-refractivity contribution in [2.24, 2.45) is 5.73 Å². The van der Waals surface area contributed by atoms with Crippen molar-refractivity contribution >= 4 is 17.8 Å². The molecule has 3 rings (SSSR count).